The van der Waals surface area contributed by atoms with Gasteiger partial charge in [0, 0.05) is 36.8 Å². The largest absolute Gasteiger partial charge is 0.479 e. The predicted octanol–water partition coefficient (Wildman–Crippen LogP) is 0.558. The zero-order chi connectivity index (χ0) is 10.1. The molecule has 0 aromatic carbocycles. The molecule has 0 spiro atoms. The molecule has 0 aliphatic carbocycles. The Morgan fingerprint density at radius 3 is 2.64 bits per heavy atom. The fourth-order valence-electron chi connectivity index (χ4n) is 0.638. The van der Waals surface area contributed by atoms with Crippen molar-refractivity contribution >= 4 is 42.2 Å². The molecular weight excluding hydrogens is 314 g/mol. The first-order valence-corrected chi connectivity index (χ1v) is 5.33. The monoisotopic (exact) mass is 329 g/mol. The van der Waals surface area contributed by atoms with Crippen LogP contribution in [0, 0.1) is 0 Å². The van der Waals surface area contributed by atoms with Crippen LogP contribution >= 0.6 is 11.8 Å². The zero-order valence-electron chi connectivity index (χ0n) is 8.18. The minimum atomic E-state index is -1.32. The van der Waals surface area contributed by atoms with E-state index in [2.05, 4.69) is 6.92 Å². The predicted molar refractivity (Wildman–Crippen MR) is 57.6 cm³/mol. The second-order valence-electron chi connectivity index (χ2n) is 2.53. The van der Waals surface area contributed by atoms with E-state index in [9.17, 15) is 4.79 Å². The Labute approximate surface area is 106 Å². The molecule has 0 aliphatic rings. The second-order valence-corrected chi connectivity index (χ2v) is 3.72. The standard InChI is InChI=1S/C8H16O4S.Sb/c1-2-3-4-12-5-6-13-8(11)7(9)10;/h8,11H,2-6H2,1H3,(H,9,10);. The molecule has 6 heteroatoms. The minimum absolute atomic E-state index is 0. The quantitative estimate of drug-likeness (QED) is 0.387. The Balaban J connectivity index is 0. The van der Waals surface area contributed by atoms with Crippen molar-refractivity contribution in [2.24, 2.45) is 0 Å². The van der Waals surface area contributed by atoms with Crippen molar-refractivity contribution in [1.82, 2.24) is 0 Å². The first kappa shape index (κ1) is 17.0. The Kier molecular flexibility index (Phi) is 14.1. The molecule has 83 valence electrons. The van der Waals surface area contributed by atoms with Gasteiger partial charge in [-0.1, -0.05) is 13.3 Å². The van der Waals surface area contributed by atoms with Gasteiger partial charge in [0.1, 0.15) is 0 Å². The summed E-state index contributed by atoms with van der Waals surface area (Å²) in [6, 6.07) is 0. The van der Waals surface area contributed by atoms with Crippen LogP contribution in [0.5, 0.6) is 0 Å². The molecular formula is C8H16O4SSb. The van der Waals surface area contributed by atoms with Crippen molar-refractivity contribution in [1.29, 1.82) is 0 Å². The topological polar surface area (TPSA) is 66.8 Å². The van der Waals surface area contributed by atoms with E-state index in [-0.39, 0.29) is 24.4 Å². The minimum Gasteiger partial charge on any atom is -0.479 e. The van der Waals surface area contributed by atoms with Gasteiger partial charge in [0.05, 0.1) is 6.61 Å². The number of hydrogen-bond acceptors (Lipinski definition) is 4. The number of carbonyl (C=O) groups is 1. The Morgan fingerprint density at radius 2 is 2.14 bits per heavy atom. The summed E-state index contributed by atoms with van der Waals surface area (Å²) in [5, 5.41) is 17.1. The zero-order valence-corrected chi connectivity index (χ0v) is 11.5. The van der Waals surface area contributed by atoms with Gasteiger partial charge < -0.3 is 14.9 Å². The normalized spacial score (nSPS) is 11.9. The van der Waals surface area contributed by atoms with Crippen molar-refractivity contribution < 1.29 is 19.7 Å². The fourth-order valence-corrected chi connectivity index (χ4v) is 1.22. The number of carboxylic acids is 1. The number of hydrogen-bond donors (Lipinski definition) is 2. The van der Waals surface area contributed by atoms with E-state index in [1.54, 1.807) is 0 Å². The number of rotatable bonds is 8. The number of unbranched alkanes of at least 4 members (excludes halogenated alkanes) is 1. The van der Waals surface area contributed by atoms with Crippen molar-refractivity contribution in [2.45, 2.75) is 25.2 Å². The van der Waals surface area contributed by atoms with Crippen LogP contribution in [0.2, 0.25) is 0 Å². The molecule has 0 heterocycles. The van der Waals surface area contributed by atoms with Gasteiger partial charge >= 0.3 is 5.97 Å². The van der Waals surface area contributed by atoms with E-state index in [1.807, 2.05) is 0 Å². The van der Waals surface area contributed by atoms with Crippen molar-refractivity contribution in [2.75, 3.05) is 19.0 Å². The summed E-state index contributed by atoms with van der Waals surface area (Å²) in [4.78, 5) is 10.2. The molecule has 0 fully saturated rings. The van der Waals surface area contributed by atoms with E-state index in [1.165, 1.54) is 0 Å². The summed E-state index contributed by atoms with van der Waals surface area (Å²) in [6.07, 6.45) is 2.11. The molecule has 4 nitrogen and oxygen atoms in total. The van der Waals surface area contributed by atoms with Gasteiger partial charge in [0.15, 0.2) is 5.44 Å². The van der Waals surface area contributed by atoms with E-state index in [0.717, 1.165) is 24.6 Å². The molecule has 0 saturated heterocycles. The third-order valence-corrected chi connectivity index (χ3v) is 2.28. The Hall–Kier alpha value is 0.558. The molecule has 3 radical (unpaired) electrons. The maximum absolute atomic E-state index is 10.2. The second kappa shape index (κ2) is 11.6. The number of aliphatic carboxylic acids is 1. The van der Waals surface area contributed by atoms with Crippen LogP contribution in [0.25, 0.3) is 0 Å². The Bertz CT molecular complexity index is 145. The summed E-state index contributed by atoms with van der Waals surface area (Å²) >= 11 is 0.974. The van der Waals surface area contributed by atoms with Crippen LogP contribution < -0.4 is 0 Å². The van der Waals surface area contributed by atoms with Gasteiger partial charge in [-0.2, -0.15) is 0 Å². The molecule has 1 atom stereocenters. The van der Waals surface area contributed by atoms with Crippen molar-refractivity contribution in [3.63, 3.8) is 0 Å². The Morgan fingerprint density at radius 1 is 1.50 bits per heavy atom. The molecule has 0 bridgehead atoms. The number of thioether (sulfide) groups is 1. The van der Waals surface area contributed by atoms with Crippen LogP contribution in [-0.2, 0) is 9.53 Å². The third-order valence-electron chi connectivity index (χ3n) is 1.36. The SMILES string of the molecule is CCCCOCCSC(O)C(=O)O.[Sb]. The number of ether oxygens (including phenoxy) is 1. The maximum atomic E-state index is 10.2. The molecule has 1 unspecified atom stereocenters. The summed E-state index contributed by atoms with van der Waals surface area (Å²) < 4.78 is 5.18. The molecule has 2 N–H and O–H groups in total. The van der Waals surface area contributed by atoms with Crippen LogP contribution in [0.4, 0.5) is 0 Å². The van der Waals surface area contributed by atoms with Crippen molar-refractivity contribution in [3.8, 4) is 0 Å². The molecule has 14 heavy (non-hydrogen) atoms. The molecule has 0 aliphatic heterocycles. The van der Waals surface area contributed by atoms with Gasteiger partial charge in [-0.25, -0.2) is 4.79 Å². The van der Waals surface area contributed by atoms with Crippen LogP contribution in [0.1, 0.15) is 19.8 Å². The van der Waals surface area contributed by atoms with Gasteiger partial charge in [0.2, 0.25) is 0 Å². The van der Waals surface area contributed by atoms with E-state index in [4.69, 9.17) is 14.9 Å². The van der Waals surface area contributed by atoms with Crippen molar-refractivity contribution in [3.05, 3.63) is 0 Å². The maximum Gasteiger partial charge on any atom is 0.343 e. The third kappa shape index (κ3) is 10.6. The number of aliphatic hydroxyl groups is 1. The summed E-state index contributed by atoms with van der Waals surface area (Å²) in [6.45, 7) is 3.28. The first-order valence-electron chi connectivity index (χ1n) is 4.28. The smallest absolute Gasteiger partial charge is 0.343 e. The van der Waals surface area contributed by atoms with E-state index in [0.29, 0.717) is 19.0 Å². The average molecular weight is 330 g/mol. The summed E-state index contributed by atoms with van der Waals surface area (Å²) in [7, 11) is 0. The molecule has 0 aromatic rings. The van der Waals surface area contributed by atoms with E-state index >= 15 is 0 Å². The van der Waals surface area contributed by atoms with Gasteiger partial charge in [-0.3, -0.25) is 0 Å². The number of carboxylic acid groups (broad SMARTS) is 1. The van der Waals surface area contributed by atoms with Gasteiger partial charge in [-0.05, 0) is 6.42 Å². The fraction of sp³-hybridized carbons (Fsp3) is 0.875. The molecule has 0 rings (SSSR count). The summed E-state index contributed by atoms with van der Waals surface area (Å²) in [5.74, 6) is -0.685. The van der Waals surface area contributed by atoms with Crippen LogP contribution in [0.15, 0.2) is 0 Å². The van der Waals surface area contributed by atoms with Crippen LogP contribution in [0.3, 0.4) is 0 Å². The van der Waals surface area contributed by atoms with E-state index < -0.39 is 11.4 Å². The van der Waals surface area contributed by atoms with Gasteiger partial charge in [0.25, 0.3) is 0 Å². The average Bonchev–Trinajstić information content (AvgIpc) is 2.10. The molecule has 0 aromatic heterocycles. The first-order chi connectivity index (χ1) is 6.18. The molecule has 0 saturated carbocycles. The number of aliphatic hydroxyl groups excluding tert-OH is 1. The van der Waals surface area contributed by atoms with Gasteiger partial charge in [-0.15, -0.1) is 11.8 Å². The van der Waals surface area contributed by atoms with Crippen LogP contribution in [-0.4, -0.2) is 65.0 Å². The molecule has 0 amide bonds. The summed E-state index contributed by atoms with van der Waals surface area (Å²) in [5.41, 5.74) is -1.32.